The monoisotopic (exact) mass is 696 g/mol. The molecule has 0 radical (unpaired) electrons. The zero-order chi connectivity index (χ0) is 35.3. The van der Waals surface area contributed by atoms with E-state index in [0.717, 1.165) is 33.3 Å². The van der Waals surface area contributed by atoms with Gasteiger partial charge in [0.05, 0.1) is 11.0 Å². The fourth-order valence-electron chi connectivity index (χ4n) is 8.49. The quantitative estimate of drug-likeness (QED) is 0.184. The highest BCUT2D eigenvalue weighted by Gasteiger charge is 2.35. The number of rotatable bonds is 4. The summed E-state index contributed by atoms with van der Waals surface area (Å²) in [5.41, 5.74) is 11.7. The Balaban J connectivity index is 1.11. The van der Waals surface area contributed by atoms with E-state index in [2.05, 4.69) is 158 Å². The number of hydrogen-bond donors (Lipinski definition) is 0. The molecule has 0 saturated carbocycles. The molecule has 4 nitrogen and oxygen atoms in total. The molecule has 250 valence electrons. The van der Waals surface area contributed by atoms with Crippen LogP contribution in [0, 0.1) is 0 Å². The lowest BCUT2D eigenvalue weighted by atomic mass is 9.82. The smallest absolute Gasteiger partial charge is 0.165 e. The van der Waals surface area contributed by atoms with Gasteiger partial charge in [0.15, 0.2) is 17.5 Å². The molecule has 1 aliphatic rings. The van der Waals surface area contributed by atoms with Gasteiger partial charge in [-0.2, -0.15) is 0 Å². The first-order valence-electron chi connectivity index (χ1n) is 18.0. The van der Waals surface area contributed by atoms with Crippen molar-refractivity contribution in [1.29, 1.82) is 0 Å². The van der Waals surface area contributed by atoms with E-state index in [-0.39, 0.29) is 5.41 Å². The summed E-state index contributed by atoms with van der Waals surface area (Å²) < 4.78 is 4.85. The van der Waals surface area contributed by atoms with Crippen molar-refractivity contribution in [2.45, 2.75) is 19.3 Å². The van der Waals surface area contributed by atoms with E-state index >= 15 is 0 Å². The lowest BCUT2D eigenvalue weighted by molar-refractivity contribution is 0.660. The van der Waals surface area contributed by atoms with Gasteiger partial charge in [0.2, 0.25) is 0 Å². The van der Waals surface area contributed by atoms with Crippen LogP contribution in [0.1, 0.15) is 25.0 Å². The van der Waals surface area contributed by atoms with Crippen LogP contribution in [0.3, 0.4) is 0 Å². The van der Waals surface area contributed by atoms with Gasteiger partial charge in [-0.05, 0) is 70.8 Å². The van der Waals surface area contributed by atoms with E-state index in [0.29, 0.717) is 17.5 Å². The average molecular weight is 697 g/mol. The number of para-hydroxylation sites is 1. The fraction of sp³-hybridized carbons (Fsp3) is 0.0625. The first kappa shape index (κ1) is 30.2. The minimum atomic E-state index is -0.0825. The second kappa shape index (κ2) is 11.3. The third-order valence-corrected chi connectivity index (χ3v) is 12.3. The Hall–Kier alpha value is -6.43. The summed E-state index contributed by atoms with van der Waals surface area (Å²) in [6.07, 6.45) is 0. The average Bonchev–Trinajstić information content (AvgIpc) is 3.83. The van der Waals surface area contributed by atoms with E-state index in [4.69, 9.17) is 15.0 Å². The number of nitrogens with zero attached hydrogens (tertiary/aromatic N) is 4. The summed E-state index contributed by atoms with van der Waals surface area (Å²) in [5, 5.41) is 4.83. The van der Waals surface area contributed by atoms with E-state index in [1.165, 1.54) is 53.3 Å². The van der Waals surface area contributed by atoms with Gasteiger partial charge in [0.1, 0.15) is 0 Å². The van der Waals surface area contributed by atoms with Gasteiger partial charge in [0.25, 0.3) is 0 Å². The van der Waals surface area contributed by atoms with Crippen molar-refractivity contribution in [2.24, 2.45) is 0 Å². The van der Waals surface area contributed by atoms with Crippen LogP contribution in [-0.4, -0.2) is 19.5 Å². The molecule has 0 fully saturated rings. The van der Waals surface area contributed by atoms with Crippen molar-refractivity contribution in [1.82, 2.24) is 19.5 Å². The molecule has 11 rings (SSSR count). The topological polar surface area (TPSA) is 43.6 Å². The highest BCUT2D eigenvalue weighted by atomic mass is 32.1. The first-order valence-corrected chi connectivity index (χ1v) is 18.9. The zero-order valence-electron chi connectivity index (χ0n) is 29.2. The van der Waals surface area contributed by atoms with Crippen LogP contribution in [0.2, 0.25) is 0 Å². The standard InChI is InChI=1S/C48H32N4S/c1-48(2)39-20-9-6-15-32(39)33-25-24-31(28-40(33)48)52-41-21-10-7-16-34(41)38-27-30(23-26-42(38)52)46-49-45(29-13-4-3-5-14-29)50-47(51-46)37-19-12-18-36-35-17-8-11-22-43(35)53-44(36)37/h3-28H,1-2H3. The second-order valence-electron chi connectivity index (χ2n) is 14.4. The van der Waals surface area contributed by atoms with E-state index in [9.17, 15) is 0 Å². The number of aromatic nitrogens is 4. The molecule has 0 amide bonds. The normalized spacial score (nSPS) is 13.2. The van der Waals surface area contributed by atoms with Crippen LogP contribution in [0.5, 0.6) is 0 Å². The van der Waals surface area contributed by atoms with Crippen LogP contribution in [-0.2, 0) is 5.41 Å². The Labute approximate surface area is 310 Å². The van der Waals surface area contributed by atoms with Crippen LogP contribution in [0.4, 0.5) is 0 Å². The minimum Gasteiger partial charge on any atom is -0.309 e. The number of thiophene rings is 1. The Morgan fingerprint density at radius 2 is 1.11 bits per heavy atom. The Morgan fingerprint density at radius 1 is 0.453 bits per heavy atom. The van der Waals surface area contributed by atoms with Crippen LogP contribution in [0.15, 0.2) is 158 Å². The molecule has 0 unspecified atom stereocenters. The SMILES string of the molecule is CC1(C)c2ccccc2-c2ccc(-n3c4ccccc4c4cc(-c5nc(-c6ccccc6)nc(-c6cccc7c6sc6ccccc67)n5)ccc43)cc21. The highest BCUT2D eigenvalue weighted by Crippen LogP contribution is 2.49. The Kier molecular flexibility index (Phi) is 6.43. The molecular weight excluding hydrogens is 665 g/mol. The van der Waals surface area contributed by atoms with Gasteiger partial charge in [-0.25, -0.2) is 15.0 Å². The predicted octanol–water partition coefficient (Wildman–Crippen LogP) is 12.6. The molecule has 3 aromatic heterocycles. The molecule has 5 heteroatoms. The van der Waals surface area contributed by atoms with Gasteiger partial charge < -0.3 is 4.57 Å². The summed E-state index contributed by atoms with van der Waals surface area (Å²) in [6.45, 7) is 4.68. The minimum absolute atomic E-state index is 0.0825. The van der Waals surface area contributed by atoms with Crippen LogP contribution < -0.4 is 0 Å². The Bertz CT molecular complexity index is 3100. The van der Waals surface area contributed by atoms with Crippen molar-refractivity contribution >= 4 is 53.3 Å². The molecule has 0 atom stereocenters. The molecule has 0 spiro atoms. The second-order valence-corrected chi connectivity index (χ2v) is 15.5. The van der Waals surface area contributed by atoms with Crippen molar-refractivity contribution in [3.8, 4) is 51.0 Å². The lowest BCUT2D eigenvalue weighted by Crippen LogP contribution is -2.15. The molecule has 0 saturated heterocycles. The zero-order valence-corrected chi connectivity index (χ0v) is 30.0. The van der Waals surface area contributed by atoms with E-state index in [1.54, 1.807) is 11.3 Å². The van der Waals surface area contributed by atoms with Crippen molar-refractivity contribution < 1.29 is 0 Å². The summed E-state index contributed by atoms with van der Waals surface area (Å²) in [4.78, 5) is 15.5. The highest BCUT2D eigenvalue weighted by molar-refractivity contribution is 7.26. The molecule has 3 heterocycles. The number of fused-ring (bicyclic) bond motifs is 9. The molecular formula is C48H32N4S. The maximum Gasteiger partial charge on any atom is 0.165 e. The third-order valence-electron chi connectivity index (χ3n) is 11.1. The van der Waals surface area contributed by atoms with Gasteiger partial charge in [-0.3, -0.25) is 0 Å². The number of hydrogen-bond acceptors (Lipinski definition) is 4. The van der Waals surface area contributed by atoms with E-state index in [1.807, 2.05) is 18.2 Å². The molecule has 0 N–H and O–H groups in total. The van der Waals surface area contributed by atoms with Crippen LogP contribution >= 0.6 is 11.3 Å². The summed E-state index contributed by atoms with van der Waals surface area (Å²) in [6, 6.07) is 56.4. The largest absolute Gasteiger partial charge is 0.309 e. The molecule has 7 aromatic carbocycles. The first-order chi connectivity index (χ1) is 26.0. The molecule has 0 bridgehead atoms. The maximum atomic E-state index is 5.22. The van der Waals surface area contributed by atoms with Crippen molar-refractivity contribution in [2.75, 3.05) is 0 Å². The van der Waals surface area contributed by atoms with Gasteiger partial charge in [-0.15, -0.1) is 11.3 Å². The summed E-state index contributed by atoms with van der Waals surface area (Å²) in [7, 11) is 0. The van der Waals surface area contributed by atoms with Gasteiger partial charge in [0, 0.05) is 58.7 Å². The number of benzene rings is 7. The maximum absolute atomic E-state index is 5.22. The van der Waals surface area contributed by atoms with Crippen LogP contribution in [0.25, 0.3) is 93.0 Å². The molecule has 10 aromatic rings. The molecule has 53 heavy (non-hydrogen) atoms. The summed E-state index contributed by atoms with van der Waals surface area (Å²) in [5.74, 6) is 1.99. The predicted molar refractivity (Wildman–Crippen MR) is 221 cm³/mol. The van der Waals surface area contributed by atoms with Crippen molar-refractivity contribution in [3.05, 3.63) is 169 Å². The lowest BCUT2D eigenvalue weighted by Gasteiger charge is -2.22. The van der Waals surface area contributed by atoms with Gasteiger partial charge in [-0.1, -0.05) is 123 Å². The fourth-order valence-corrected chi connectivity index (χ4v) is 9.70. The third kappa shape index (κ3) is 4.51. The van der Waals surface area contributed by atoms with Gasteiger partial charge >= 0.3 is 0 Å². The van der Waals surface area contributed by atoms with E-state index < -0.39 is 0 Å². The molecule has 1 aliphatic carbocycles. The van der Waals surface area contributed by atoms with Crippen molar-refractivity contribution in [3.63, 3.8) is 0 Å². The molecule has 0 aliphatic heterocycles. The summed E-state index contributed by atoms with van der Waals surface area (Å²) >= 11 is 1.79. The Morgan fingerprint density at radius 3 is 2.00 bits per heavy atom.